The lowest BCUT2D eigenvalue weighted by atomic mass is 9.72. The number of methoxy groups -OCH3 is 1. The molecule has 4 rings (SSSR count). The summed E-state index contributed by atoms with van der Waals surface area (Å²) in [5.41, 5.74) is 2.05. The van der Waals surface area contributed by atoms with Crippen LogP contribution in [0.4, 0.5) is 0 Å². The van der Waals surface area contributed by atoms with Gasteiger partial charge in [0.25, 0.3) is 0 Å². The molecule has 2 atom stereocenters. The molecule has 0 saturated carbocycles. The first-order valence-corrected chi connectivity index (χ1v) is 15.3. The van der Waals surface area contributed by atoms with Crippen molar-refractivity contribution in [3.8, 4) is 0 Å². The number of piperidine rings is 1. The number of carbonyl (C=O) groups is 1. The standard InChI is InChI=1S/C31H40Cl2N2O2S/c1-4-11-31(12-5-2,30(36)37-3)17-23-8-13-34(14-9-23)19-26-20-35(21-28(26)25-10-15-38-22-25)18-24-6-7-27(32)16-29(24)33/h4-7,10,15-16,22-23,26,28H,1-2,8-9,11-14,17-21H2,3H3. The summed E-state index contributed by atoms with van der Waals surface area (Å²) >= 11 is 14.4. The second kappa shape index (κ2) is 13.6. The first kappa shape index (κ1) is 29.4. The molecule has 2 aliphatic rings. The van der Waals surface area contributed by atoms with Crippen LogP contribution in [0.3, 0.4) is 0 Å². The van der Waals surface area contributed by atoms with Crippen molar-refractivity contribution in [1.29, 1.82) is 0 Å². The Kier molecular flexibility index (Phi) is 10.5. The Morgan fingerprint density at radius 3 is 2.47 bits per heavy atom. The number of hydrogen-bond donors (Lipinski definition) is 0. The van der Waals surface area contributed by atoms with Crippen LogP contribution in [-0.2, 0) is 16.1 Å². The number of likely N-dealkylation sites (tertiary alicyclic amines) is 2. The molecule has 2 saturated heterocycles. The van der Waals surface area contributed by atoms with Gasteiger partial charge in [-0.2, -0.15) is 11.3 Å². The summed E-state index contributed by atoms with van der Waals surface area (Å²) in [6, 6.07) is 8.11. The van der Waals surface area contributed by atoms with Crippen LogP contribution in [0.1, 0.15) is 49.1 Å². The molecular weight excluding hydrogens is 535 g/mol. The minimum absolute atomic E-state index is 0.134. The predicted molar refractivity (Wildman–Crippen MR) is 160 cm³/mol. The molecule has 2 unspecified atom stereocenters. The van der Waals surface area contributed by atoms with Gasteiger partial charge >= 0.3 is 5.97 Å². The molecule has 2 aliphatic heterocycles. The van der Waals surface area contributed by atoms with Gasteiger partial charge in [0.15, 0.2) is 0 Å². The summed E-state index contributed by atoms with van der Waals surface area (Å²) in [6.45, 7) is 14.0. The third-order valence-corrected chi connectivity index (χ3v) is 9.75. The number of carbonyl (C=O) groups excluding carboxylic acids is 1. The fourth-order valence-corrected chi connectivity index (χ4v) is 7.75. The topological polar surface area (TPSA) is 32.8 Å². The van der Waals surface area contributed by atoms with Crippen LogP contribution < -0.4 is 0 Å². The molecule has 4 nitrogen and oxygen atoms in total. The maximum absolute atomic E-state index is 12.8. The molecule has 0 spiro atoms. The van der Waals surface area contributed by atoms with E-state index in [1.54, 1.807) is 11.3 Å². The monoisotopic (exact) mass is 574 g/mol. The van der Waals surface area contributed by atoms with E-state index in [4.69, 9.17) is 27.9 Å². The molecule has 7 heteroatoms. The normalized spacial score (nSPS) is 21.4. The van der Waals surface area contributed by atoms with Crippen LogP contribution in [-0.4, -0.2) is 55.6 Å². The summed E-state index contributed by atoms with van der Waals surface area (Å²) < 4.78 is 5.22. The van der Waals surface area contributed by atoms with E-state index in [2.05, 4.69) is 45.9 Å². The van der Waals surface area contributed by atoms with Crippen LogP contribution in [0.15, 0.2) is 60.3 Å². The van der Waals surface area contributed by atoms with Crippen LogP contribution in [0.5, 0.6) is 0 Å². The molecule has 206 valence electrons. The molecule has 0 aliphatic carbocycles. The van der Waals surface area contributed by atoms with Crippen molar-refractivity contribution in [1.82, 2.24) is 9.80 Å². The van der Waals surface area contributed by atoms with Crippen molar-refractivity contribution in [2.24, 2.45) is 17.3 Å². The van der Waals surface area contributed by atoms with Crippen molar-refractivity contribution in [3.63, 3.8) is 0 Å². The lowest BCUT2D eigenvalue weighted by Crippen LogP contribution is -2.41. The highest BCUT2D eigenvalue weighted by Gasteiger charge is 2.41. The summed E-state index contributed by atoms with van der Waals surface area (Å²) in [4.78, 5) is 18.0. The van der Waals surface area contributed by atoms with Gasteiger partial charge in [-0.1, -0.05) is 41.4 Å². The Hall–Kier alpha value is -1.63. The van der Waals surface area contributed by atoms with Crippen LogP contribution >= 0.6 is 34.5 Å². The van der Waals surface area contributed by atoms with E-state index in [1.807, 2.05) is 24.3 Å². The molecule has 0 N–H and O–H groups in total. The average molecular weight is 576 g/mol. The number of thiophene rings is 1. The Morgan fingerprint density at radius 2 is 1.87 bits per heavy atom. The molecule has 1 aromatic heterocycles. The number of hydrogen-bond acceptors (Lipinski definition) is 5. The average Bonchev–Trinajstić information content (AvgIpc) is 3.57. The minimum Gasteiger partial charge on any atom is -0.469 e. The minimum atomic E-state index is -0.538. The first-order valence-electron chi connectivity index (χ1n) is 13.6. The Balaban J connectivity index is 1.38. The summed E-state index contributed by atoms with van der Waals surface area (Å²) in [5, 5.41) is 5.92. The molecule has 38 heavy (non-hydrogen) atoms. The van der Waals surface area contributed by atoms with Gasteiger partial charge in [0.05, 0.1) is 12.5 Å². The van der Waals surface area contributed by atoms with Gasteiger partial charge in [0.1, 0.15) is 0 Å². The third kappa shape index (κ3) is 7.11. The maximum Gasteiger partial charge on any atom is 0.312 e. The number of halogens is 2. The zero-order chi connectivity index (χ0) is 27.1. The van der Waals surface area contributed by atoms with Gasteiger partial charge in [0.2, 0.25) is 0 Å². The Bertz CT molecular complexity index is 1070. The third-order valence-electron chi connectivity index (χ3n) is 8.46. The largest absolute Gasteiger partial charge is 0.469 e. The molecule has 0 radical (unpaired) electrons. The molecule has 1 aromatic carbocycles. The summed E-state index contributed by atoms with van der Waals surface area (Å²) in [5.74, 6) is 1.47. The zero-order valence-electron chi connectivity index (χ0n) is 22.4. The Morgan fingerprint density at radius 1 is 1.13 bits per heavy atom. The van der Waals surface area contributed by atoms with E-state index in [-0.39, 0.29) is 5.97 Å². The van der Waals surface area contributed by atoms with Gasteiger partial charge in [-0.05, 0) is 97.1 Å². The number of esters is 1. The van der Waals surface area contributed by atoms with Gasteiger partial charge in [0, 0.05) is 42.1 Å². The second-order valence-corrected chi connectivity index (χ2v) is 12.7. The fraction of sp³-hybridized carbons (Fsp3) is 0.516. The van der Waals surface area contributed by atoms with Gasteiger partial charge in [-0.3, -0.25) is 9.69 Å². The number of ether oxygens (including phenoxy) is 1. The van der Waals surface area contributed by atoms with Crippen molar-refractivity contribution in [2.45, 2.75) is 44.6 Å². The second-order valence-electron chi connectivity index (χ2n) is 11.1. The van der Waals surface area contributed by atoms with E-state index in [0.29, 0.717) is 35.6 Å². The first-order chi connectivity index (χ1) is 18.4. The smallest absolute Gasteiger partial charge is 0.312 e. The van der Waals surface area contributed by atoms with Crippen LogP contribution in [0, 0.1) is 17.3 Å². The van der Waals surface area contributed by atoms with Crippen LogP contribution in [0.25, 0.3) is 0 Å². The van der Waals surface area contributed by atoms with E-state index < -0.39 is 5.41 Å². The van der Waals surface area contributed by atoms with Crippen molar-refractivity contribution in [3.05, 3.63) is 81.5 Å². The fourth-order valence-electron chi connectivity index (χ4n) is 6.56. The molecule has 0 bridgehead atoms. The number of allylic oxidation sites excluding steroid dienone is 2. The maximum atomic E-state index is 12.8. The highest BCUT2D eigenvalue weighted by atomic mass is 35.5. The van der Waals surface area contributed by atoms with Gasteiger partial charge in [-0.15, -0.1) is 13.2 Å². The quantitative estimate of drug-likeness (QED) is 0.192. The number of benzene rings is 1. The highest BCUT2D eigenvalue weighted by Crippen LogP contribution is 2.41. The van der Waals surface area contributed by atoms with Crippen molar-refractivity contribution < 1.29 is 9.53 Å². The van der Waals surface area contributed by atoms with E-state index in [0.717, 1.165) is 69.1 Å². The SMILES string of the molecule is C=CCC(CC=C)(CC1CCN(CC2CN(Cc3ccc(Cl)cc3Cl)CC2c2ccsc2)CC1)C(=O)OC. The lowest BCUT2D eigenvalue weighted by Gasteiger charge is -2.38. The van der Waals surface area contributed by atoms with E-state index >= 15 is 0 Å². The zero-order valence-corrected chi connectivity index (χ0v) is 24.7. The summed E-state index contributed by atoms with van der Waals surface area (Å²) in [6.07, 6.45) is 8.00. The van der Waals surface area contributed by atoms with Crippen LogP contribution in [0.2, 0.25) is 10.0 Å². The molecule has 2 aromatic rings. The molecule has 0 amide bonds. The highest BCUT2D eigenvalue weighted by molar-refractivity contribution is 7.08. The number of rotatable bonds is 12. The number of nitrogens with zero attached hydrogens (tertiary/aromatic N) is 2. The van der Waals surface area contributed by atoms with Gasteiger partial charge in [-0.25, -0.2) is 0 Å². The van der Waals surface area contributed by atoms with E-state index in [9.17, 15) is 4.79 Å². The molecular formula is C31H40Cl2N2O2S. The van der Waals surface area contributed by atoms with Crippen molar-refractivity contribution >= 4 is 40.5 Å². The molecule has 3 heterocycles. The van der Waals surface area contributed by atoms with Crippen molar-refractivity contribution in [2.75, 3.05) is 39.8 Å². The van der Waals surface area contributed by atoms with Gasteiger partial charge < -0.3 is 9.64 Å². The summed E-state index contributed by atoms with van der Waals surface area (Å²) in [7, 11) is 1.49. The Labute approximate surface area is 242 Å². The predicted octanol–water partition coefficient (Wildman–Crippen LogP) is 7.68. The lowest BCUT2D eigenvalue weighted by molar-refractivity contribution is -0.154. The van der Waals surface area contributed by atoms with E-state index in [1.165, 1.54) is 12.7 Å². The molecule has 2 fully saturated rings.